The summed E-state index contributed by atoms with van der Waals surface area (Å²) in [6, 6.07) is 15.3. The number of amides is 2. The van der Waals surface area contributed by atoms with Gasteiger partial charge < -0.3 is 25.6 Å². The minimum Gasteiger partial charge on any atom is -0.495 e. The van der Waals surface area contributed by atoms with E-state index in [1.54, 1.807) is 7.11 Å². The molecule has 2 aromatic rings. The second-order valence-electron chi connectivity index (χ2n) is 7.21. The fraction of sp³-hybridized carbons (Fsp3) is 0.364. The van der Waals surface area contributed by atoms with Crippen LogP contribution >= 0.6 is 12.2 Å². The maximum atomic E-state index is 12.1. The number of aryl methyl sites for hydroxylation is 1. The molecule has 1 aliphatic rings. The minimum absolute atomic E-state index is 0.235. The van der Waals surface area contributed by atoms with Crippen LogP contribution in [0, 0.1) is 6.92 Å². The number of nitrogens with one attached hydrogen (secondary N) is 3. The summed E-state index contributed by atoms with van der Waals surface area (Å²) in [4.78, 5) is 16.6. The van der Waals surface area contributed by atoms with Crippen LogP contribution in [0.2, 0.25) is 0 Å². The second kappa shape index (κ2) is 10.8. The highest BCUT2D eigenvalue weighted by Gasteiger charge is 2.19. The summed E-state index contributed by atoms with van der Waals surface area (Å²) in [5, 5.41) is 9.79. The maximum absolute atomic E-state index is 12.1. The number of anilines is 2. The first kappa shape index (κ1) is 21.9. The minimum atomic E-state index is -0.235. The lowest BCUT2D eigenvalue weighted by atomic mass is 10.2. The Kier molecular flexibility index (Phi) is 7.87. The van der Waals surface area contributed by atoms with Crippen LogP contribution in [0.1, 0.15) is 5.56 Å². The lowest BCUT2D eigenvalue weighted by Gasteiger charge is -2.36. The van der Waals surface area contributed by atoms with E-state index in [9.17, 15) is 4.79 Å². The summed E-state index contributed by atoms with van der Waals surface area (Å²) in [5.41, 5.74) is 2.89. The first-order valence-corrected chi connectivity index (χ1v) is 10.5. The predicted octanol–water partition coefficient (Wildman–Crippen LogP) is 3.14. The standard InChI is InChI=1S/C22H29N5O2S/c1-17-7-9-18(10-8-17)24-22(30)27-15-13-26(14-16-27)12-11-23-21(28)25-19-5-3-4-6-20(19)29-2/h3-10H,11-16H2,1-2H3,(H,24,30)(H2,23,25,28). The summed E-state index contributed by atoms with van der Waals surface area (Å²) in [6.07, 6.45) is 0. The lowest BCUT2D eigenvalue weighted by Crippen LogP contribution is -2.51. The monoisotopic (exact) mass is 427 g/mol. The Bertz CT molecular complexity index is 851. The summed E-state index contributed by atoms with van der Waals surface area (Å²) >= 11 is 5.55. The third-order valence-electron chi connectivity index (χ3n) is 5.03. The van der Waals surface area contributed by atoms with Crippen molar-refractivity contribution in [1.82, 2.24) is 15.1 Å². The van der Waals surface area contributed by atoms with Crippen LogP contribution in [0.5, 0.6) is 5.75 Å². The number of para-hydroxylation sites is 2. The second-order valence-corrected chi connectivity index (χ2v) is 7.59. The third kappa shape index (κ3) is 6.33. The molecule has 2 amide bonds. The molecule has 0 aromatic heterocycles. The number of rotatable bonds is 6. The van der Waals surface area contributed by atoms with E-state index in [2.05, 4.69) is 44.8 Å². The van der Waals surface area contributed by atoms with E-state index in [-0.39, 0.29) is 6.03 Å². The number of hydrogen-bond donors (Lipinski definition) is 3. The third-order valence-corrected chi connectivity index (χ3v) is 5.39. The number of carbonyl (C=O) groups excluding carboxylic acids is 1. The van der Waals surface area contributed by atoms with Crippen LogP contribution in [0.25, 0.3) is 0 Å². The highest BCUT2D eigenvalue weighted by atomic mass is 32.1. The van der Waals surface area contributed by atoms with E-state index in [1.165, 1.54) is 5.56 Å². The van der Waals surface area contributed by atoms with E-state index >= 15 is 0 Å². The Balaban J connectivity index is 1.35. The van der Waals surface area contributed by atoms with E-state index in [0.717, 1.165) is 43.5 Å². The first-order valence-electron chi connectivity index (χ1n) is 10.1. The highest BCUT2D eigenvalue weighted by molar-refractivity contribution is 7.80. The molecule has 0 saturated carbocycles. The smallest absolute Gasteiger partial charge is 0.319 e. The normalized spacial score (nSPS) is 14.1. The van der Waals surface area contributed by atoms with Crippen molar-refractivity contribution in [3.63, 3.8) is 0 Å². The molecule has 0 atom stereocenters. The lowest BCUT2D eigenvalue weighted by molar-refractivity contribution is 0.184. The van der Waals surface area contributed by atoms with Gasteiger partial charge in [-0.3, -0.25) is 4.90 Å². The van der Waals surface area contributed by atoms with Gasteiger partial charge in [0.25, 0.3) is 0 Å². The molecule has 1 fully saturated rings. The van der Waals surface area contributed by atoms with Gasteiger partial charge in [0.1, 0.15) is 5.75 Å². The van der Waals surface area contributed by atoms with Crippen molar-refractivity contribution in [2.24, 2.45) is 0 Å². The molecule has 0 spiro atoms. The number of ether oxygens (including phenoxy) is 1. The van der Waals surface area contributed by atoms with Gasteiger partial charge in [0.05, 0.1) is 12.8 Å². The number of thiocarbonyl (C=S) groups is 1. The van der Waals surface area contributed by atoms with Crippen molar-refractivity contribution in [2.45, 2.75) is 6.92 Å². The Morgan fingerprint density at radius 3 is 2.43 bits per heavy atom. The van der Waals surface area contributed by atoms with Crippen LogP contribution in [-0.4, -0.2) is 67.3 Å². The van der Waals surface area contributed by atoms with Gasteiger partial charge in [0, 0.05) is 45.0 Å². The zero-order chi connectivity index (χ0) is 21.3. The zero-order valence-electron chi connectivity index (χ0n) is 17.5. The molecule has 3 N–H and O–H groups in total. The Hall–Kier alpha value is -2.84. The number of nitrogens with zero attached hydrogens (tertiary/aromatic N) is 2. The molecule has 0 unspecified atom stereocenters. The molecule has 160 valence electrons. The summed E-state index contributed by atoms with van der Waals surface area (Å²) in [6.45, 7) is 6.99. The molecular weight excluding hydrogens is 398 g/mol. The summed E-state index contributed by atoms with van der Waals surface area (Å²) in [5.74, 6) is 0.638. The molecule has 1 heterocycles. The Morgan fingerprint density at radius 2 is 1.73 bits per heavy atom. The number of methoxy groups -OCH3 is 1. The van der Waals surface area contributed by atoms with Gasteiger partial charge in [-0.25, -0.2) is 4.79 Å². The van der Waals surface area contributed by atoms with Gasteiger partial charge in [-0.15, -0.1) is 0 Å². The van der Waals surface area contributed by atoms with Crippen LogP contribution in [0.4, 0.5) is 16.2 Å². The number of carbonyl (C=O) groups is 1. The highest BCUT2D eigenvalue weighted by Crippen LogP contribution is 2.22. The molecule has 3 rings (SSSR count). The fourth-order valence-electron chi connectivity index (χ4n) is 3.26. The average Bonchev–Trinajstić information content (AvgIpc) is 2.76. The predicted molar refractivity (Wildman–Crippen MR) is 125 cm³/mol. The molecule has 2 aromatic carbocycles. The largest absolute Gasteiger partial charge is 0.495 e. The van der Waals surface area contributed by atoms with Crippen molar-refractivity contribution >= 4 is 34.7 Å². The zero-order valence-corrected chi connectivity index (χ0v) is 18.3. The number of piperazine rings is 1. The van der Waals surface area contributed by atoms with Crippen molar-refractivity contribution in [1.29, 1.82) is 0 Å². The molecule has 8 heteroatoms. The number of urea groups is 1. The van der Waals surface area contributed by atoms with Crippen LogP contribution in [0.3, 0.4) is 0 Å². The molecular formula is C22H29N5O2S. The van der Waals surface area contributed by atoms with E-state index < -0.39 is 0 Å². The van der Waals surface area contributed by atoms with Gasteiger partial charge >= 0.3 is 6.03 Å². The molecule has 30 heavy (non-hydrogen) atoms. The first-order chi connectivity index (χ1) is 14.5. The van der Waals surface area contributed by atoms with Crippen molar-refractivity contribution in [3.8, 4) is 5.75 Å². The summed E-state index contributed by atoms with van der Waals surface area (Å²) < 4.78 is 5.25. The van der Waals surface area contributed by atoms with Crippen molar-refractivity contribution in [3.05, 3.63) is 54.1 Å². The van der Waals surface area contributed by atoms with Crippen LogP contribution < -0.4 is 20.7 Å². The fourth-order valence-corrected chi connectivity index (χ4v) is 3.56. The van der Waals surface area contributed by atoms with Crippen LogP contribution in [0.15, 0.2) is 48.5 Å². The van der Waals surface area contributed by atoms with Gasteiger partial charge in [-0.2, -0.15) is 0 Å². The Morgan fingerprint density at radius 1 is 1.03 bits per heavy atom. The molecule has 1 saturated heterocycles. The average molecular weight is 428 g/mol. The molecule has 0 radical (unpaired) electrons. The SMILES string of the molecule is COc1ccccc1NC(=O)NCCN1CCN(C(=S)Nc2ccc(C)cc2)CC1. The van der Waals surface area contributed by atoms with E-state index in [1.807, 2.05) is 36.4 Å². The van der Waals surface area contributed by atoms with Crippen LogP contribution in [-0.2, 0) is 0 Å². The van der Waals surface area contributed by atoms with E-state index in [4.69, 9.17) is 17.0 Å². The topological polar surface area (TPSA) is 68.9 Å². The van der Waals surface area contributed by atoms with Crippen molar-refractivity contribution in [2.75, 3.05) is 57.0 Å². The van der Waals surface area contributed by atoms with E-state index in [0.29, 0.717) is 18.0 Å². The maximum Gasteiger partial charge on any atom is 0.319 e. The van der Waals surface area contributed by atoms with Gasteiger partial charge in [-0.1, -0.05) is 29.8 Å². The molecule has 0 aliphatic carbocycles. The van der Waals surface area contributed by atoms with Crippen molar-refractivity contribution < 1.29 is 9.53 Å². The Labute approximate surface area is 183 Å². The van der Waals surface area contributed by atoms with Gasteiger partial charge in [0.2, 0.25) is 0 Å². The number of benzene rings is 2. The summed E-state index contributed by atoms with van der Waals surface area (Å²) in [7, 11) is 1.58. The molecule has 0 bridgehead atoms. The quantitative estimate of drug-likeness (QED) is 0.616. The van der Waals surface area contributed by atoms with Gasteiger partial charge in [-0.05, 0) is 43.4 Å². The molecule has 1 aliphatic heterocycles. The molecule has 7 nitrogen and oxygen atoms in total. The van der Waals surface area contributed by atoms with Gasteiger partial charge in [0.15, 0.2) is 5.11 Å². The number of hydrogen-bond acceptors (Lipinski definition) is 4.